The van der Waals surface area contributed by atoms with Gasteiger partial charge in [-0.25, -0.2) is 4.98 Å². The van der Waals surface area contributed by atoms with Crippen molar-refractivity contribution >= 4 is 17.2 Å². The molecule has 5 heteroatoms. The smallest absolute Gasteiger partial charge is 0.161 e. The maximum absolute atomic E-state index is 5.34. The molecule has 4 nitrogen and oxygen atoms in total. The van der Waals surface area contributed by atoms with Crippen LogP contribution in [0.5, 0.6) is 11.5 Å². The molecule has 100 valence electrons. The molecule has 0 fully saturated rings. The van der Waals surface area contributed by atoms with Crippen molar-refractivity contribution in [2.75, 3.05) is 26.1 Å². The predicted octanol–water partition coefficient (Wildman–Crippen LogP) is 3.19. The van der Waals surface area contributed by atoms with Crippen LogP contribution in [0.15, 0.2) is 18.2 Å². The van der Waals surface area contributed by atoms with Gasteiger partial charge in [-0.2, -0.15) is 0 Å². The van der Waals surface area contributed by atoms with Crippen molar-refractivity contribution in [1.29, 1.82) is 0 Å². The molecule has 0 bridgehead atoms. The second kappa shape index (κ2) is 5.09. The molecule has 1 aromatic carbocycles. The van der Waals surface area contributed by atoms with Gasteiger partial charge in [-0.3, -0.25) is 0 Å². The first-order valence-electron chi connectivity index (χ1n) is 6.28. The number of aryl methyl sites for hydroxylation is 1. The van der Waals surface area contributed by atoms with Gasteiger partial charge in [-0.05, 0) is 31.0 Å². The summed E-state index contributed by atoms with van der Waals surface area (Å²) in [7, 11) is 3.29. The van der Waals surface area contributed by atoms with Gasteiger partial charge in [-0.15, -0.1) is 11.3 Å². The Morgan fingerprint density at radius 1 is 1.21 bits per heavy atom. The summed E-state index contributed by atoms with van der Waals surface area (Å²) >= 11 is 1.75. The molecule has 3 rings (SSSR count). The van der Waals surface area contributed by atoms with Crippen molar-refractivity contribution in [3.63, 3.8) is 0 Å². The molecule has 0 atom stereocenters. The van der Waals surface area contributed by atoms with Crippen LogP contribution in [0.25, 0.3) is 10.6 Å². The molecule has 0 saturated heterocycles. The average molecular weight is 276 g/mol. The maximum atomic E-state index is 5.34. The lowest BCUT2D eigenvalue weighted by Gasteiger charge is -2.10. The van der Waals surface area contributed by atoms with E-state index < -0.39 is 0 Å². The Morgan fingerprint density at radius 3 is 2.79 bits per heavy atom. The van der Waals surface area contributed by atoms with Crippen LogP contribution in [-0.4, -0.2) is 25.7 Å². The summed E-state index contributed by atoms with van der Waals surface area (Å²) in [4.78, 5) is 6.01. The number of fused-ring (bicyclic) bond motifs is 1. The number of hydrogen-bond acceptors (Lipinski definition) is 5. The normalized spacial score (nSPS) is 13.6. The van der Waals surface area contributed by atoms with E-state index in [1.54, 1.807) is 25.6 Å². The van der Waals surface area contributed by atoms with Gasteiger partial charge >= 0.3 is 0 Å². The van der Waals surface area contributed by atoms with Gasteiger partial charge in [0, 0.05) is 17.0 Å². The van der Waals surface area contributed by atoms with Gasteiger partial charge in [0.15, 0.2) is 11.5 Å². The van der Waals surface area contributed by atoms with Crippen LogP contribution in [0.4, 0.5) is 5.82 Å². The molecule has 0 spiro atoms. The van der Waals surface area contributed by atoms with Gasteiger partial charge < -0.3 is 14.8 Å². The standard InChI is InChI=1S/C14H16N2O2S/c1-17-10-6-5-9(8-11(10)18-2)14-16-13-12(19-14)4-3-7-15-13/h5-6,8,15H,3-4,7H2,1-2H3. The molecular formula is C14H16N2O2S. The average Bonchev–Trinajstić information content (AvgIpc) is 2.90. The molecule has 19 heavy (non-hydrogen) atoms. The highest BCUT2D eigenvalue weighted by molar-refractivity contribution is 7.15. The Hall–Kier alpha value is -1.75. The van der Waals surface area contributed by atoms with E-state index in [0.717, 1.165) is 40.9 Å². The van der Waals surface area contributed by atoms with Crippen molar-refractivity contribution in [3.8, 4) is 22.1 Å². The molecule has 0 amide bonds. The molecule has 1 aromatic heterocycles. The lowest BCUT2D eigenvalue weighted by atomic mass is 10.2. The molecule has 0 aliphatic carbocycles. The van der Waals surface area contributed by atoms with Gasteiger partial charge in [0.25, 0.3) is 0 Å². The van der Waals surface area contributed by atoms with Crippen LogP contribution in [0.3, 0.4) is 0 Å². The van der Waals surface area contributed by atoms with E-state index in [9.17, 15) is 0 Å². The van der Waals surface area contributed by atoms with Crippen LogP contribution in [-0.2, 0) is 6.42 Å². The minimum Gasteiger partial charge on any atom is -0.493 e. The SMILES string of the molecule is COc1ccc(-c2nc3c(s2)CCCN3)cc1OC. The molecule has 0 unspecified atom stereocenters. The highest BCUT2D eigenvalue weighted by atomic mass is 32.1. The van der Waals surface area contributed by atoms with E-state index in [1.165, 1.54) is 11.3 Å². The number of thiazole rings is 1. The Kier molecular flexibility index (Phi) is 3.29. The lowest BCUT2D eigenvalue weighted by Crippen LogP contribution is -2.09. The largest absolute Gasteiger partial charge is 0.493 e. The topological polar surface area (TPSA) is 43.4 Å². The number of methoxy groups -OCH3 is 2. The number of anilines is 1. The van der Waals surface area contributed by atoms with E-state index in [-0.39, 0.29) is 0 Å². The number of aromatic nitrogens is 1. The second-order valence-electron chi connectivity index (χ2n) is 4.39. The summed E-state index contributed by atoms with van der Waals surface area (Å²) in [6.07, 6.45) is 2.30. The fourth-order valence-corrected chi connectivity index (χ4v) is 3.28. The van der Waals surface area contributed by atoms with Gasteiger partial charge in [-0.1, -0.05) is 0 Å². The Bertz CT molecular complexity index is 572. The van der Waals surface area contributed by atoms with E-state index >= 15 is 0 Å². The van der Waals surface area contributed by atoms with Crippen LogP contribution in [0, 0.1) is 0 Å². The minimum atomic E-state index is 0.737. The fourth-order valence-electron chi connectivity index (χ4n) is 2.21. The van der Waals surface area contributed by atoms with Crippen molar-refractivity contribution in [3.05, 3.63) is 23.1 Å². The fraction of sp³-hybridized carbons (Fsp3) is 0.357. The molecule has 1 aliphatic rings. The van der Waals surface area contributed by atoms with E-state index in [2.05, 4.69) is 10.3 Å². The molecule has 0 radical (unpaired) electrons. The van der Waals surface area contributed by atoms with Crippen LogP contribution in [0.1, 0.15) is 11.3 Å². The van der Waals surface area contributed by atoms with Crippen LogP contribution in [0.2, 0.25) is 0 Å². The van der Waals surface area contributed by atoms with Crippen molar-refractivity contribution in [2.24, 2.45) is 0 Å². The zero-order chi connectivity index (χ0) is 13.2. The summed E-state index contributed by atoms with van der Waals surface area (Å²) in [5.74, 6) is 2.52. The number of hydrogen-bond donors (Lipinski definition) is 1. The lowest BCUT2D eigenvalue weighted by molar-refractivity contribution is 0.355. The number of ether oxygens (including phenoxy) is 2. The molecule has 1 aliphatic heterocycles. The van der Waals surface area contributed by atoms with E-state index in [1.807, 2.05) is 18.2 Å². The molecular weight excluding hydrogens is 260 g/mol. The summed E-state index contributed by atoms with van der Waals surface area (Å²) in [6.45, 7) is 1.02. The van der Waals surface area contributed by atoms with Crippen molar-refractivity contribution in [1.82, 2.24) is 4.98 Å². The third kappa shape index (κ3) is 2.26. The summed E-state index contributed by atoms with van der Waals surface area (Å²) < 4.78 is 10.6. The molecule has 1 N–H and O–H groups in total. The Balaban J connectivity index is 1.99. The second-order valence-corrected chi connectivity index (χ2v) is 5.47. The summed E-state index contributed by atoms with van der Waals surface area (Å²) in [5.41, 5.74) is 1.07. The first kappa shape index (κ1) is 12.3. The zero-order valence-electron chi connectivity index (χ0n) is 11.0. The van der Waals surface area contributed by atoms with E-state index in [0.29, 0.717) is 0 Å². The molecule has 0 saturated carbocycles. The number of nitrogens with zero attached hydrogens (tertiary/aromatic N) is 1. The van der Waals surface area contributed by atoms with Crippen molar-refractivity contribution < 1.29 is 9.47 Å². The number of rotatable bonds is 3. The van der Waals surface area contributed by atoms with Gasteiger partial charge in [0.05, 0.1) is 14.2 Å². The van der Waals surface area contributed by atoms with Crippen LogP contribution < -0.4 is 14.8 Å². The van der Waals surface area contributed by atoms with Gasteiger partial charge in [0.1, 0.15) is 10.8 Å². The first-order valence-corrected chi connectivity index (χ1v) is 7.09. The monoisotopic (exact) mass is 276 g/mol. The third-order valence-corrected chi connectivity index (χ3v) is 4.37. The highest BCUT2D eigenvalue weighted by Gasteiger charge is 2.16. The Labute approximate surface area is 116 Å². The number of benzene rings is 1. The summed E-state index contributed by atoms with van der Waals surface area (Å²) in [5, 5.41) is 4.38. The van der Waals surface area contributed by atoms with Crippen LogP contribution >= 0.6 is 11.3 Å². The zero-order valence-corrected chi connectivity index (χ0v) is 11.8. The predicted molar refractivity (Wildman–Crippen MR) is 77.5 cm³/mol. The molecule has 2 heterocycles. The third-order valence-electron chi connectivity index (χ3n) is 3.20. The maximum Gasteiger partial charge on any atom is 0.161 e. The number of nitrogens with one attached hydrogen (secondary N) is 1. The van der Waals surface area contributed by atoms with E-state index in [4.69, 9.17) is 9.47 Å². The minimum absolute atomic E-state index is 0.737. The van der Waals surface area contributed by atoms with Crippen molar-refractivity contribution in [2.45, 2.75) is 12.8 Å². The Morgan fingerprint density at radius 2 is 2.05 bits per heavy atom. The quantitative estimate of drug-likeness (QED) is 0.935. The van der Waals surface area contributed by atoms with Gasteiger partial charge in [0.2, 0.25) is 0 Å². The molecule has 2 aromatic rings. The summed E-state index contributed by atoms with van der Waals surface area (Å²) in [6, 6.07) is 5.91. The first-order chi connectivity index (χ1) is 9.31. The highest BCUT2D eigenvalue weighted by Crippen LogP contribution is 2.37.